The Kier molecular flexibility index (Phi) is 8.20. The molecule has 14 heavy (non-hydrogen) atoms. The average Bonchev–Trinajstić information content (AvgIpc) is 2.11. The van der Waals surface area contributed by atoms with Gasteiger partial charge in [0, 0.05) is 12.1 Å². The Hall–Kier alpha value is -0.0800. The lowest BCUT2D eigenvalue weighted by Gasteiger charge is -2.20. The lowest BCUT2D eigenvalue weighted by atomic mass is 10.1. The molecule has 1 atom stereocenters. The van der Waals surface area contributed by atoms with Crippen LogP contribution in [0.4, 0.5) is 0 Å². The molecule has 0 rings (SSSR count). The van der Waals surface area contributed by atoms with Crippen molar-refractivity contribution < 1.29 is 0 Å². The second-order valence-corrected chi connectivity index (χ2v) is 4.39. The summed E-state index contributed by atoms with van der Waals surface area (Å²) in [5.74, 6) is 0. The van der Waals surface area contributed by atoms with Crippen molar-refractivity contribution in [3.63, 3.8) is 0 Å². The molecule has 0 saturated heterocycles. The molecule has 2 nitrogen and oxygen atoms in total. The van der Waals surface area contributed by atoms with Gasteiger partial charge in [-0.15, -0.1) is 0 Å². The van der Waals surface area contributed by atoms with E-state index in [0.29, 0.717) is 12.1 Å². The molecule has 0 saturated carbocycles. The van der Waals surface area contributed by atoms with Crippen LogP contribution in [0.3, 0.4) is 0 Å². The molecule has 0 fully saturated rings. The zero-order chi connectivity index (χ0) is 11.0. The topological polar surface area (TPSA) is 15.3 Å². The lowest BCUT2D eigenvalue weighted by Crippen LogP contribution is -2.33. The van der Waals surface area contributed by atoms with Gasteiger partial charge in [0.1, 0.15) is 0 Å². The molecule has 0 aliphatic heterocycles. The van der Waals surface area contributed by atoms with Gasteiger partial charge in [0.15, 0.2) is 0 Å². The molecule has 0 amide bonds. The third kappa shape index (κ3) is 7.34. The fraction of sp³-hybridized carbons (Fsp3) is 1.00. The largest absolute Gasteiger partial charge is 0.312 e. The van der Waals surface area contributed by atoms with Gasteiger partial charge in [-0.2, -0.15) is 0 Å². The first-order valence-electron chi connectivity index (χ1n) is 6.08. The summed E-state index contributed by atoms with van der Waals surface area (Å²) in [7, 11) is 0. The Bertz CT molecular complexity index is 119. The summed E-state index contributed by atoms with van der Waals surface area (Å²) in [5.41, 5.74) is 0. The number of rotatable bonds is 8. The minimum absolute atomic E-state index is 0.610. The maximum absolute atomic E-state index is 3.53. The number of hydrogen-bond donors (Lipinski definition) is 1. The summed E-state index contributed by atoms with van der Waals surface area (Å²) in [6.45, 7) is 14.8. The van der Waals surface area contributed by atoms with Crippen molar-refractivity contribution in [2.45, 2.75) is 59.5 Å². The highest BCUT2D eigenvalue weighted by atomic mass is 15.1. The number of nitrogens with zero attached hydrogens (tertiary/aromatic N) is 1. The van der Waals surface area contributed by atoms with Crippen LogP contribution >= 0.6 is 0 Å². The molecule has 1 N–H and O–H groups in total. The summed E-state index contributed by atoms with van der Waals surface area (Å²) >= 11 is 0. The van der Waals surface area contributed by atoms with Gasteiger partial charge in [-0.25, -0.2) is 0 Å². The molecular weight excluding hydrogens is 172 g/mol. The van der Waals surface area contributed by atoms with E-state index < -0.39 is 0 Å². The summed E-state index contributed by atoms with van der Waals surface area (Å²) in [5, 5.41) is 3.53. The molecule has 2 heteroatoms. The zero-order valence-corrected chi connectivity index (χ0v) is 10.6. The third-order valence-electron chi connectivity index (χ3n) is 2.62. The van der Waals surface area contributed by atoms with Crippen molar-refractivity contribution in [2.24, 2.45) is 0 Å². The van der Waals surface area contributed by atoms with Gasteiger partial charge < -0.3 is 10.2 Å². The van der Waals surface area contributed by atoms with Crippen molar-refractivity contribution in [1.82, 2.24) is 10.2 Å². The van der Waals surface area contributed by atoms with E-state index in [4.69, 9.17) is 0 Å². The molecule has 0 radical (unpaired) electrons. The van der Waals surface area contributed by atoms with Gasteiger partial charge in [-0.1, -0.05) is 27.7 Å². The Balaban J connectivity index is 3.42. The third-order valence-corrected chi connectivity index (χ3v) is 2.62. The lowest BCUT2D eigenvalue weighted by molar-refractivity contribution is 0.289. The molecule has 86 valence electrons. The van der Waals surface area contributed by atoms with Crippen LogP contribution in [-0.2, 0) is 0 Å². The highest BCUT2D eigenvalue weighted by molar-refractivity contribution is 4.65. The predicted octanol–water partition coefficient (Wildman–Crippen LogP) is 2.49. The molecular formula is C12H28N2. The van der Waals surface area contributed by atoms with Gasteiger partial charge in [0.25, 0.3) is 0 Å². The molecule has 0 aromatic rings. The van der Waals surface area contributed by atoms with E-state index in [0.717, 1.165) is 0 Å². The van der Waals surface area contributed by atoms with Crippen LogP contribution in [-0.4, -0.2) is 36.6 Å². The minimum atomic E-state index is 0.610. The molecule has 0 aromatic heterocycles. The van der Waals surface area contributed by atoms with E-state index in [1.54, 1.807) is 0 Å². The van der Waals surface area contributed by atoms with Crippen molar-refractivity contribution in [2.75, 3.05) is 19.6 Å². The SMILES string of the molecule is CCN(CC)CCCC(C)NC(C)C. The van der Waals surface area contributed by atoms with Crippen LogP contribution in [0.1, 0.15) is 47.5 Å². The first kappa shape index (κ1) is 13.9. The smallest absolute Gasteiger partial charge is 0.00415 e. The maximum Gasteiger partial charge on any atom is 0.00415 e. The first-order valence-corrected chi connectivity index (χ1v) is 6.08. The Morgan fingerprint density at radius 3 is 2.07 bits per heavy atom. The Morgan fingerprint density at radius 1 is 1.07 bits per heavy atom. The molecule has 0 heterocycles. The van der Waals surface area contributed by atoms with Gasteiger partial charge in [0.2, 0.25) is 0 Å². The van der Waals surface area contributed by atoms with Crippen LogP contribution in [0.15, 0.2) is 0 Å². The van der Waals surface area contributed by atoms with Crippen LogP contribution in [0.25, 0.3) is 0 Å². The predicted molar refractivity (Wildman–Crippen MR) is 64.8 cm³/mol. The van der Waals surface area contributed by atoms with E-state index >= 15 is 0 Å². The van der Waals surface area contributed by atoms with Crippen molar-refractivity contribution in [3.05, 3.63) is 0 Å². The summed E-state index contributed by atoms with van der Waals surface area (Å²) in [6.07, 6.45) is 2.59. The van der Waals surface area contributed by atoms with Gasteiger partial charge in [0.05, 0.1) is 0 Å². The summed E-state index contributed by atoms with van der Waals surface area (Å²) < 4.78 is 0. The van der Waals surface area contributed by atoms with Crippen molar-refractivity contribution in [1.29, 1.82) is 0 Å². The van der Waals surface area contributed by atoms with Crippen molar-refractivity contribution in [3.8, 4) is 0 Å². The highest BCUT2D eigenvalue weighted by Gasteiger charge is 2.04. The number of hydrogen-bond acceptors (Lipinski definition) is 2. The molecule has 0 aliphatic rings. The minimum Gasteiger partial charge on any atom is -0.312 e. The fourth-order valence-corrected chi connectivity index (χ4v) is 1.81. The van der Waals surface area contributed by atoms with Crippen LogP contribution in [0.2, 0.25) is 0 Å². The molecule has 0 aromatic carbocycles. The highest BCUT2D eigenvalue weighted by Crippen LogP contribution is 2.00. The Labute approximate surface area is 90.1 Å². The molecule has 1 unspecified atom stereocenters. The normalized spacial score (nSPS) is 13.9. The van der Waals surface area contributed by atoms with E-state index in [1.165, 1.54) is 32.5 Å². The zero-order valence-electron chi connectivity index (χ0n) is 10.6. The van der Waals surface area contributed by atoms with Crippen molar-refractivity contribution >= 4 is 0 Å². The van der Waals surface area contributed by atoms with Crippen LogP contribution in [0, 0.1) is 0 Å². The Morgan fingerprint density at radius 2 is 1.64 bits per heavy atom. The second kappa shape index (κ2) is 8.25. The van der Waals surface area contributed by atoms with E-state index in [9.17, 15) is 0 Å². The average molecular weight is 200 g/mol. The molecule has 0 bridgehead atoms. The molecule has 0 spiro atoms. The monoisotopic (exact) mass is 200 g/mol. The van der Waals surface area contributed by atoms with E-state index in [-0.39, 0.29) is 0 Å². The number of nitrogens with one attached hydrogen (secondary N) is 1. The molecule has 0 aliphatic carbocycles. The fourth-order valence-electron chi connectivity index (χ4n) is 1.81. The summed E-state index contributed by atoms with van der Waals surface area (Å²) in [6, 6.07) is 1.27. The first-order chi connectivity index (χ1) is 6.60. The van der Waals surface area contributed by atoms with Gasteiger partial charge >= 0.3 is 0 Å². The maximum atomic E-state index is 3.53. The van der Waals surface area contributed by atoms with E-state index in [1.807, 2.05) is 0 Å². The van der Waals surface area contributed by atoms with Gasteiger partial charge in [-0.05, 0) is 39.4 Å². The second-order valence-electron chi connectivity index (χ2n) is 4.39. The van der Waals surface area contributed by atoms with Crippen LogP contribution in [0.5, 0.6) is 0 Å². The van der Waals surface area contributed by atoms with Gasteiger partial charge in [-0.3, -0.25) is 0 Å². The standard InChI is InChI=1S/C12H28N2/c1-6-14(7-2)10-8-9-12(5)13-11(3)4/h11-13H,6-10H2,1-5H3. The summed E-state index contributed by atoms with van der Waals surface area (Å²) in [4.78, 5) is 2.49. The van der Waals surface area contributed by atoms with E-state index in [2.05, 4.69) is 44.8 Å². The quantitative estimate of drug-likeness (QED) is 0.647. The van der Waals surface area contributed by atoms with Crippen LogP contribution < -0.4 is 5.32 Å².